The third-order valence-corrected chi connectivity index (χ3v) is 3.71. The molecule has 100 valence electrons. The topological polar surface area (TPSA) is 35.0 Å². The predicted molar refractivity (Wildman–Crippen MR) is 83.6 cm³/mol. The lowest BCUT2D eigenvalue weighted by Gasteiger charge is -2.08. The average Bonchev–Trinajstić information content (AvgIpc) is 2.89. The Morgan fingerprint density at radius 2 is 2.05 bits per heavy atom. The molecular weight excluding hydrogens is 292 g/mol. The van der Waals surface area contributed by atoms with Crippen molar-refractivity contribution in [3.8, 4) is 11.6 Å². The van der Waals surface area contributed by atoms with Gasteiger partial charge in [-0.15, -0.1) is 11.3 Å². The van der Waals surface area contributed by atoms with E-state index in [1.165, 1.54) is 11.3 Å². The molecule has 0 aliphatic carbocycles. The van der Waals surface area contributed by atoms with E-state index in [-0.39, 0.29) is 5.28 Å². The normalized spacial score (nSPS) is 11.3. The second-order valence-electron chi connectivity index (χ2n) is 4.08. The molecule has 0 aliphatic heterocycles. The minimum Gasteiger partial charge on any atom is -0.438 e. The predicted octanol–water partition coefficient (Wildman–Crippen LogP) is 5.17. The Hall–Kier alpha value is -1.91. The van der Waals surface area contributed by atoms with E-state index in [1.54, 1.807) is 0 Å². The van der Waals surface area contributed by atoms with Crippen LogP contribution >= 0.6 is 22.9 Å². The van der Waals surface area contributed by atoms with Gasteiger partial charge in [0.05, 0.1) is 5.39 Å². The molecule has 0 radical (unpaired) electrons. The highest BCUT2D eigenvalue weighted by atomic mass is 35.5. The summed E-state index contributed by atoms with van der Waals surface area (Å²) in [7, 11) is 0. The standard InChI is InChI=1S/C15H11ClN2OS/c1-2-5-10-6-3-4-7-12(10)19-13-11-8-9-20-14(11)18-15(16)17-13/h2-9H,1H3/b5-2+. The van der Waals surface area contributed by atoms with Crippen LogP contribution in [0.25, 0.3) is 16.3 Å². The lowest BCUT2D eigenvalue weighted by Crippen LogP contribution is -1.92. The molecule has 0 amide bonds. The minimum atomic E-state index is 0.193. The van der Waals surface area contributed by atoms with E-state index < -0.39 is 0 Å². The first-order valence-corrected chi connectivity index (χ1v) is 7.34. The van der Waals surface area contributed by atoms with Crippen molar-refractivity contribution in [2.75, 3.05) is 0 Å². The fourth-order valence-electron chi connectivity index (χ4n) is 1.88. The largest absolute Gasteiger partial charge is 0.438 e. The Morgan fingerprint density at radius 3 is 2.90 bits per heavy atom. The van der Waals surface area contributed by atoms with Crippen molar-refractivity contribution in [3.05, 3.63) is 52.6 Å². The molecule has 2 heterocycles. The molecule has 0 aliphatic rings. The molecule has 0 spiro atoms. The Balaban J connectivity index is 2.07. The zero-order chi connectivity index (χ0) is 13.9. The lowest BCUT2D eigenvalue weighted by atomic mass is 10.2. The molecule has 3 nitrogen and oxygen atoms in total. The molecule has 0 N–H and O–H groups in total. The maximum Gasteiger partial charge on any atom is 0.232 e. The molecule has 3 rings (SSSR count). The van der Waals surface area contributed by atoms with Crippen LogP contribution in [-0.4, -0.2) is 9.97 Å². The van der Waals surface area contributed by atoms with Crippen molar-refractivity contribution in [1.82, 2.24) is 9.97 Å². The molecule has 0 saturated heterocycles. The molecule has 0 saturated carbocycles. The molecule has 2 aromatic heterocycles. The van der Waals surface area contributed by atoms with Gasteiger partial charge in [0, 0.05) is 5.56 Å². The van der Waals surface area contributed by atoms with Crippen molar-refractivity contribution < 1.29 is 4.74 Å². The number of para-hydroxylation sites is 1. The number of rotatable bonds is 3. The highest BCUT2D eigenvalue weighted by molar-refractivity contribution is 7.16. The maximum atomic E-state index is 5.94. The first-order chi connectivity index (χ1) is 9.78. The fourth-order valence-corrected chi connectivity index (χ4v) is 2.84. The molecule has 3 aromatic rings. The summed E-state index contributed by atoms with van der Waals surface area (Å²) in [5.74, 6) is 1.23. The van der Waals surface area contributed by atoms with E-state index >= 15 is 0 Å². The van der Waals surface area contributed by atoms with Gasteiger partial charge in [-0.05, 0) is 36.0 Å². The van der Waals surface area contributed by atoms with Crippen LogP contribution in [0.4, 0.5) is 0 Å². The molecule has 20 heavy (non-hydrogen) atoms. The van der Waals surface area contributed by atoms with Gasteiger partial charge in [-0.2, -0.15) is 4.98 Å². The van der Waals surface area contributed by atoms with Crippen LogP contribution in [0.5, 0.6) is 11.6 Å². The van der Waals surface area contributed by atoms with Gasteiger partial charge < -0.3 is 4.74 Å². The zero-order valence-electron chi connectivity index (χ0n) is 10.7. The number of halogens is 1. The van der Waals surface area contributed by atoms with Gasteiger partial charge in [0.2, 0.25) is 11.2 Å². The van der Waals surface area contributed by atoms with Crippen molar-refractivity contribution in [3.63, 3.8) is 0 Å². The first-order valence-electron chi connectivity index (χ1n) is 6.08. The Labute approximate surface area is 125 Å². The number of aromatic nitrogens is 2. The van der Waals surface area contributed by atoms with Gasteiger partial charge >= 0.3 is 0 Å². The van der Waals surface area contributed by atoms with Gasteiger partial charge in [0.25, 0.3) is 0 Å². The van der Waals surface area contributed by atoms with Crippen molar-refractivity contribution >= 4 is 39.2 Å². The van der Waals surface area contributed by atoms with Gasteiger partial charge in [0.15, 0.2) is 0 Å². The van der Waals surface area contributed by atoms with Crippen LogP contribution in [0.1, 0.15) is 12.5 Å². The lowest BCUT2D eigenvalue weighted by molar-refractivity contribution is 0.467. The molecule has 0 bridgehead atoms. The summed E-state index contributed by atoms with van der Waals surface area (Å²) in [4.78, 5) is 9.18. The molecule has 0 fully saturated rings. The third kappa shape index (κ3) is 2.53. The number of allylic oxidation sites excluding steroid dienone is 1. The fraction of sp³-hybridized carbons (Fsp3) is 0.0667. The van der Waals surface area contributed by atoms with Crippen LogP contribution in [0, 0.1) is 0 Å². The van der Waals surface area contributed by atoms with Gasteiger partial charge in [-0.1, -0.05) is 30.4 Å². The number of thiophene rings is 1. The van der Waals surface area contributed by atoms with E-state index in [1.807, 2.05) is 54.8 Å². The van der Waals surface area contributed by atoms with E-state index in [2.05, 4.69) is 9.97 Å². The first kappa shape index (κ1) is 13.1. The van der Waals surface area contributed by atoms with Crippen LogP contribution in [-0.2, 0) is 0 Å². The molecule has 0 unspecified atom stereocenters. The summed E-state index contributed by atoms with van der Waals surface area (Å²) < 4.78 is 5.93. The highest BCUT2D eigenvalue weighted by Crippen LogP contribution is 2.33. The van der Waals surface area contributed by atoms with E-state index in [0.717, 1.165) is 21.5 Å². The number of ether oxygens (including phenoxy) is 1. The van der Waals surface area contributed by atoms with E-state index in [4.69, 9.17) is 16.3 Å². The number of hydrogen-bond acceptors (Lipinski definition) is 4. The second-order valence-corrected chi connectivity index (χ2v) is 5.31. The SMILES string of the molecule is C/C=C/c1ccccc1Oc1nc(Cl)nc2sccc12. The Bertz CT molecular complexity index is 782. The summed E-state index contributed by atoms with van der Waals surface area (Å²) >= 11 is 7.45. The number of fused-ring (bicyclic) bond motifs is 1. The highest BCUT2D eigenvalue weighted by Gasteiger charge is 2.11. The molecule has 1 aromatic carbocycles. The molecular formula is C15H11ClN2OS. The van der Waals surface area contributed by atoms with E-state index in [9.17, 15) is 0 Å². The van der Waals surface area contributed by atoms with Crippen molar-refractivity contribution in [1.29, 1.82) is 0 Å². The third-order valence-electron chi connectivity index (χ3n) is 2.73. The van der Waals surface area contributed by atoms with Crippen LogP contribution in [0.2, 0.25) is 5.28 Å². The smallest absolute Gasteiger partial charge is 0.232 e. The van der Waals surface area contributed by atoms with Crippen molar-refractivity contribution in [2.24, 2.45) is 0 Å². The summed E-state index contributed by atoms with van der Waals surface area (Å²) in [6, 6.07) is 9.72. The average molecular weight is 303 g/mol. The number of benzene rings is 1. The Kier molecular flexibility index (Phi) is 3.67. The second kappa shape index (κ2) is 5.61. The number of hydrogen-bond donors (Lipinski definition) is 0. The monoisotopic (exact) mass is 302 g/mol. The van der Waals surface area contributed by atoms with Crippen LogP contribution in [0.3, 0.4) is 0 Å². The summed E-state index contributed by atoms with van der Waals surface area (Å²) in [5.41, 5.74) is 0.994. The van der Waals surface area contributed by atoms with Gasteiger partial charge in [0.1, 0.15) is 10.6 Å². The maximum absolute atomic E-state index is 5.94. The zero-order valence-corrected chi connectivity index (χ0v) is 12.3. The number of nitrogens with zero attached hydrogens (tertiary/aromatic N) is 2. The molecule has 0 atom stereocenters. The summed E-state index contributed by atoms with van der Waals surface area (Å²) in [6.07, 6.45) is 3.96. The Morgan fingerprint density at radius 1 is 1.20 bits per heavy atom. The quantitative estimate of drug-likeness (QED) is 0.626. The van der Waals surface area contributed by atoms with E-state index in [0.29, 0.717) is 5.88 Å². The van der Waals surface area contributed by atoms with Crippen LogP contribution < -0.4 is 4.74 Å². The van der Waals surface area contributed by atoms with Crippen molar-refractivity contribution in [2.45, 2.75) is 6.92 Å². The van der Waals surface area contributed by atoms with Gasteiger partial charge in [-0.3, -0.25) is 0 Å². The minimum absolute atomic E-state index is 0.193. The summed E-state index contributed by atoms with van der Waals surface area (Å²) in [6.45, 7) is 1.97. The van der Waals surface area contributed by atoms with Gasteiger partial charge in [-0.25, -0.2) is 4.98 Å². The molecule has 5 heteroatoms. The van der Waals surface area contributed by atoms with Crippen LogP contribution in [0.15, 0.2) is 41.8 Å². The summed E-state index contributed by atoms with van der Waals surface area (Å²) in [5, 5.41) is 3.01.